The maximum absolute atomic E-state index is 17.4. The standard InChI is InChI=1S/C72H55FN2O4/c1-40-17-9-11-25-57(40)74(59-27-15-21-50-48-19-13-23-55(71(3,4)5)66(48)78-68(50)59)46-31-29-42-35-52-53-39-63-64(65(73)70(53)77-61(52)37-44(42)33-46)54-36-43-30-32-47(34-45(43)38-62(54)76-63)75(58-26-12-10-18-41(58)2)60-28-16-22-51-49-20-14-24-56(72(6,7)8)67(49)79-69(51)60/h9-39H,1-8H3. The van der Waals surface area contributed by atoms with Crippen LogP contribution in [0.5, 0.6) is 0 Å². The molecule has 4 heterocycles. The van der Waals surface area contributed by atoms with Gasteiger partial charge in [0.25, 0.3) is 0 Å². The highest BCUT2D eigenvalue weighted by Crippen LogP contribution is 2.49. The van der Waals surface area contributed by atoms with Gasteiger partial charge in [0.2, 0.25) is 0 Å². The Morgan fingerprint density at radius 1 is 0.329 bits per heavy atom. The summed E-state index contributed by atoms with van der Waals surface area (Å²) in [5, 5.41) is 10.8. The zero-order valence-electron chi connectivity index (χ0n) is 45.3. The SMILES string of the molecule is Cc1ccccc1N(c1ccc2cc3c(cc2c1)oc1c(F)c2c(cc13)oc1cc3cc(N(c4ccccc4C)c4cccc5c4oc4c(C(C)(C)C)cccc45)ccc3cc12)c1cccc2c1oc1c(C(C)(C)C)cccc12. The summed E-state index contributed by atoms with van der Waals surface area (Å²) in [7, 11) is 0. The van der Waals surface area contributed by atoms with Crippen molar-refractivity contribution in [3.63, 3.8) is 0 Å². The fourth-order valence-electron chi connectivity index (χ4n) is 12.4. The van der Waals surface area contributed by atoms with Crippen molar-refractivity contribution in [3.05, 3.63) is 216 Å². The van der Waals surface area contributed by atoms with Crippen molar-refractivity contribution < 1.29 is 22.1 Å². The van der Waals surface area contributed by atoms with Crippen molar-refractivity contribution >= 4 is 143 Å². The predicted octanol–water partition coefficient (Wildman–Crippen LogP) is 21.9. The summed E-state index contributed by atoms with van der Waals surface area (Å²) in [6, 6.07) is 65.6. The molecule has 0 atom stereocenters. The van der Waals surface area contributed by atoms with Gasteiger partial charge in [-0.2, -0.15) is 0 Å². The predicted molar refractivity (Wildman–Crippen MR) is 327 cm³/mol. The molecule has 0 N–H and O–H groups in total. The molecule has 0 aliphatic heterocycles. The number of fused-ring (bicyclic) bond motifs is 14. The highest BCUT2D eigenvalue weighted by Gasteiger charge is 2.28. The zero-order valence-corrected chi connectivity index (χ0v) is 45.3. The van der Waals surface area contributed by atoms with Gasteiger partial charge in [0.05, 0.1) is 16.8 Å². The number of halogens is 1. The molecule has 11 aromatic carbocycles. The number of hydrogen-bond donors (Lipinski definition) is 0. The molecule has 15 aromatic rings. The molecule has 0 spiro atoms. The Balaban J connectivity index is 0.846. The summed E-state index contributed by atoms with van der Waals surface area (Å²) in [6.45, 7) is 17.6. The third-order valence-electron chi connectivity index (χ3n) is 16.4. The Morgan fingerprint density at radius 2 is 0.772 bits per heavy atom. The van der Waals surface area contributed by atoms with Crippen LogP contribution in [-0.2, 0) is 10.8 Å². The van der Waals surface area contributed by atoms with Gasteiger partial charge in [-0.1, -0.05) is 151 Å². The van der Waals surface area contributed by atoms with Crippen LogP contribution in [0.15, 0.2) is 206 Å². The van der Waals surface area contributed by atoms with Crippen LogP contribution in [0.2, 0.25) is 0 Å². The molecule has 0 aliphatic carbocycles. The Morgan fingerprint density at radius 3 is 1.27 bits per heavy atom. The summed E-state index contributed by atoms with van der Waals surface area (Å²) in [4.78, 5) is 4.57. The van der Waals surface area contributed by atoms with E-state index in [-0.39, 0.29) is 16.4 Å². The number of anilines is 6. The number of para-hydroxylation sites is 6. The quantitative estimate of drug-likeness (QED) is 0.165. The van der Waals surface area contributed by atoms with E-state index in [1.807, 2.05) is 24.3 Å². The Labute approximate surface area is 455 Å². The minimum Gasteiger partial charge on any atom is -0.456 e. The van der Waals surface area contributed by atoms with Gasteiger partial charge in [-0.15, -0.1) is 0 Å². The van der Waals surface area contributed by atoms with E-state index >= 15 is 4.39 Å². The molecule has 0 unspecified atom stereocenters. The van der Waals surface area contributed by atoms with E-state index in [1.165, 1.54) is 11.1 Å². The third kappa shape index (κ3) is 7.15. The molecule has 0 radical (unpaired) electrons. The average molecular weight is 1030 g/mol. The minimum atomic E-state index is -0.443. The molecule has 15 rings (SSSR count). The number of hydrogen-bond acceptors (Lipinski definition) is 6. The summed E-state index contributed by atoms with van der Waals surface area (Å²) >= 11 is 0. The minimum absolute atomic E-state index is 0.108. The molecule has 0 saturated heterocycles. The second kappa shape index (κ2) is 16.8. The fourth-order valence-corrected chi connectivity index (χ4v) is 12.4. The molecule has 7 heteroatoms. The van der Waals surface area contributed by atoms with Crippen molar-refractivity contribution in [2.45, 2.75) is 66.2 Å². The first-order chi connectivity index (χ1) is 38.2. The first-order valence-electron chi connectivity index (χ1n) is 27.2. The molecule has 0 aliphatic rings. The lowest BCUT2D eigenvalue weighted by Crippen LogP contribution is -2.11. The van der Waals surface area contributed by atoms with Crippen molar-refractivity contribution in [2.75, 3.05) is 9.80 Å². The summed E-state index contributed by atoms with van der Waals surface area (Å²) in [5.74, 6) is -0.443. The maximum Gasteiger partial charge on any atom is 0.178 e. The normalized spacial score (nSPS) is 12.6. The van der Waals surface area contributed by atoms with Crippen LogP contribution in [0.25, 0.3) is 109 Å². The van der Waals surface area contributed by atoms with Crippen molar-refractivity contribution in [3.8, 4) is 0 Å². The van der Waals surface area contributed by atoms with Gasteiger partial charge in [-0.05, 0) is 136 Å². The van der Waals surface area contributed by atoms with Gasteiger partial charge in [-0.25, -0.2) is 4.39 Å². The van der Waals surface area contributed by atoms with Gasteiger partial charge in [0.1, 0.15) is 27.9 Å². The van der Waals surface area contributed by atoms with Gasteiger partial charge in [0.15, 0.2) is 22.6 Å². The molecular formula is C72H55FN2O4. The van der Waals surface area contributed by atoms with E-state index in [9.17, 15) is 0 Å². The van der Waals surface area contributed by atoms with Gasteiger partial charge >= 0.3 is 0 Å². The molecule has 79 heavy (non-hydrogen) atoms. The van der Waals surface area contributed by atoms with E-state index in [0.717, 1.165) is 116 Å². The van der Waals surface area contributed by atoms with E-state index in [4.69, 9.17) is 17.7 Å². The topological polar surface area (TPSA) is 59.0 Å². The van der Waals surface area contributed by atoms with E-state index in [0.29, 0.717) is 32.9 Å². The molecule has 384 valence electrons. The molecule has 0 amide bonds. The molecule has 4 aromatic heterocycles. The van der Waals surface area contributed by atoms with Gasteiger partial charge < -0.3 is 27.5 Å². The van der Waals surface area contributed by atoms with Crippen LogP contribution in [0.1, 0.15) is 63.8 Å². The number of furan rings is 4. The summed E-state index contributed by atoms with van der Waals surface area (Å²) in [5.41, 5.74) is 15.5. The number of rotatable bonds is 6. The van der Waals surface area contributed by atoms with Crippen LogP contribution in [0.3, 0.4) is 0 Å². The van der Waals surface area contributed by atoms with Gasteiger partial charge in [-0.3, -0.25) is 0 Å². The van der Waals surface area contributed by atoms with Crippen LogP contribution >= 0.6 is 0 Å². The number of nitrogens with zero attached hydrogens (tertiary/aromatic N) is 2. The molecule has 0 saturated carbocycles. The smallest absolute Gasteiger partial charge is 0.178 e. The molecule has 0 fully saturated rings. The third-order valence-corrected chi connectivity index (χ3v) is 16.4. The summed E-state index contributed by atoms with van der Waals surface area (Å²) < 4.78 is 44.5. The second-order valence-corrected chi connectivity index (χ2v) is 23.5. The highest BCUT2D eigenvalue weighted by molar-refractivity contribution is 6.19. The maximum atomic E-state index is 17.4. The van der Waals surface area contributed by atoms with Gasteiger partial charge in [0, 0.05) is 71.6 Å². The number of benzene rings is 11. The van der Waals surface area contributed by atoms with Crippen LogP contribution in [0.4, 0.5) is 38.5 Å². The molecule has 0 bridgehead atoms. The zero-order chi connectivity index (χ0) is 53.8. The second-order valence-electron chi connectivity index (χ2n) is 23.5. The Kier molecular flexibility index (Phi) is 10.0. The largest absolute Gasteiger partial charge is 0.456 e. The van der Waals surface area contributed by atoms with Crippen LogP contribution < -0.4 is 9.80 Å². The lowest BCUT2D eigenvalue weighted by atomic mass is 9.86. The highest BCUT2D eigenvalue weighted by atomic mass is 19.1. The monoisotopic (exact) mass is 1030 g/mol. The molecular weight excluding hydrogens is 976 g/mol. The van der Waals surface area contributed by atoms with E-state index in [1.54, 1.807) is 0 Å². The first-order valence-corrected chi connectivity index (χ1v) is 27.2. The Bertz CT molecular complexity index is 4850. The average Bonchev–Trinajstić information content (AvgIpc) is 3.71. The van der Waals surface area contributed by atoms with E-state index in [2.05, 4.69) is 229 Å². The Hall–Kier alpha value is -9.33. The number of aryl methyl sites for hydroxylation is 2. The van der Waals surface area contributed by atoms with Crippen molar-refractivity contribution in [1.29, 1.82) is 0 Å². The van der Waals surface area contributed by atoms with E-state index < -0.39 is 5.82 Å². The lowest BCUT2D eigenvalue weighted by molar-refractivity contribution is 0.572. The first kappa shape index (κ1) is 46.9. The van der Waals surface area contributed by atoms with Crippen LogP contribution in [-0.4, -0.2) is 0 Å². The van der Waals surface area contributed by atoms with Crippen molar-refractivity contribution in [1.82, 2.24) is 0 Å². The lowest BCUT2D eigenvalue weighted by Gasteiger charge is -2.27. The summed E-state index contributed by atoms with van der Waals surface area (Å²) in [6.07, 6.45) is 0. The van der Waals surface area contributed by atoms with Crippen LogP contribution in [0, 0.1) is 19.7 Å². The molecule has 6 nitrogen and oxygen atoms in total. The fraction of sp³-hybridized carbons (Fsp3) is 0.139. The van der Waals surface area contributed by atoms with Crippen molar-refractivity contribution in [2.24, 2.45) is 0 Å².